The van der Waals surface area contributed by atoms with E-state index in [1.807, 2.05) is 0 Å². The Hall–Kier alpha value is -0.990. The molecular formula is C14H17ClN2. The van der Waals surface area contributed by atoms with Crippen LogP contribution in [-0.4, -0.2) is 17.7 Å². The van der Waals surface area contributed by atoms with E-state index < -0.39 is 0 Å². The van der Waals surface area contributed by atoms with Crippen molar-refractivity contribution >= 4 is 23.3 Å². The van der Waals surface area contributed by atoms with Crippen LogP contribution in [0.3, 0.4) is 0 Å². The molecule has 90 valence electrons. The Kier molecular flexibility index (Phi) is 2.64. The van der Waals surface area contributed by atoms with Gasteiger partial charge in [0.2, 0.25) is 0 Å². The molecule has 2 aliphatic rings. The molecule has 0 saturated carbocycles. The van der Waals surface area contributed by atoms with Crippen LogP contribution in [-0.2, 0) is 13.0 Å². The molecule has 2 aliphatic heterocycles. The van der Waals surface area contributed by atoms with Crippen LogP contribution in [0.1, 0.15) is 5.69 Å². The first-order valence-electron chi connectivity index (χ1n) is 6.20. The molecule has 1 N–H and O–H groups in total. The SMILES string of the molecule is Cl.c1ccc2c(c1)cc1n2CC2CNCC2C1. The predicted octanol–water partition coefficient (Wildman–Crippen LogP) is 2.45. The zero-order chi connectivity index (χ0) is 10.5. The maximum Gasteiger partial charge on any atom is 0.0482 e. The molecule has 1 aromatic carbocycles. The maximum atomic E-state index is 3.52. The standard InChI is InChI=1S/C14H16N2.ClH/c1-2-4-14-10(3-1)5-13-6-11-7-15-8-12(11)9-16(13)14;/h1-5,11-12,15H,6-9H2;1H. The van der Waals surface area contributed by atoms with Crippen molar-refractivity contribution in [2.24, 2.45) is 11.8 Å². The Morgan fingerprint density at radius 2 is 1.94 bits per heavy atom. The molecule has 1 fully saturated rings. The third kappa shape index (κ3) is 1.59. The Bertz CT molecular complexity index is 546. The lowest BCUT2D eigenvalue weighted by molar-refractivity contribution is 0.324. The molecule has 1 saturated heterocycles. The minimum atomic E-state index is 0. The number of nitrogens with zero attached hydrogens (tertiary/aromatic N) is 1. The van der Waals surface area contributed by atoms with Gasteiger partial charge in [-0.2, -0.15) is 0 Å². The van der Waals surface area contributed by atoms with Gasteiger partial charge in [0.15, 0.2) is 0 Å². The second-order valence-electron chi connectivity index (χ2n) is 5.19. The number of hydrogen-bond donors (Lipinski definition) is 1. The van der Waals surface area contributed by atoms with E-state index in [1.165, 1.54) is 42.7 Å². The summed E-state index contributed by atoms with van der Waals surface area (Å²) in [6.45, 7) is 3.63. The minimum Gasteiger partial charge on any atom is -0.344 e. The summed E-state index contributed by atoms with van der Waals surface area (Å²) in [6.07, 6.45) is 1.26. The molecule has 2 unspecified atom stereocenters. The summed E-state index contributed by atoms with van der Waals surface area (Å²) in [5, 5.41) is 4.93. The highest BCUT2D eigenvalue weighted by atomic mass is 35.5. The molecule has 3 heteroatoms. The van der Waals surface area contributed by atoms with Crippen molar-refractivity contribution in [3.05, 3.63) is 36.0 Å². The first-order valence-corrected chi connectivity index (χ1v) is 6.20. The monoisotopic (exact) mass is 248 g/mol. The zero-order valence-electron chi connectivity index (χ0n) is 9.73. The molecule has 0 bridgehead atoms. The minimum absolute atomic E-state index is 0. The maximum absolute atomic E-state index is 3.52. The Balaban J connectivity index is 0.000000902. The lowest BCUT2D eigenvalue weighted by Gasteiger charge is -2.27. The molecule has 1 aromatic heterocycles. The number of benzene rings is 1. The van der Waals surface area contributed by atoms with Crippen molar-refractivity contribution in [3.63, 3.8) is 0 Å². The average molecular weight is 249 g/mol. The first-order chi connectivity index (χ1) is 7.92. The first kappa shape index (κ1) is 11.1. The van der Waals surface area contributed by atoms with Crippen molar-refractivity contribution < 1.29 is 0 Å². The van der Waals surface area contributed by atoms with Gasteiger partial charge in [-0.3, -0.25) is 0 Å². The summed E-state index contributed by atoms with van der Waals surface area (Å²) in [5.41, 5.74) is 2.95. The fourth-order valence-electron chi connectivity index (χ4n) is 3.40. The fourth-order valence-corrected chi connectivity index (χ4v) is 3.40. The summed E-state index contributed by atoms with van der Waals surface area (Å²) in [4.78, 5) is 0. The van der Waals surface area contributed by atoms with Crippen molar-refractivity contribution in [2.75, 3.05) is 13.1 Å². The second-order valence-corrected chi connectivity index (χ2v) is 5.19. The van der Waals surface area contributed by atoms with Gasteiger partial charge in [0, 0.05) is 17.8 Å². The molecule has 3 heterocycles. The van der Waals surface area contributed by atoms with Crippen LogP contribution in [0.2, 0.25) is 0 Å². The van der Waals surface area contributed by atoms with E-state index in [4.69, 9.17) is 0 Å². The lowest BCUT2D eigenvalue weighted by atomic mass is 9.88. The molecule has 4 rings (SSSR count). The molecule has 2 aromatic rings. The quantitative estimate of drug-likeness (QED) is 0.758. The van der Waals surface area contributed by atoms with Crippen LogP contribution < -0.4 is 5.32 Å². The van der Waals surface area contributed by atoms with E-state index in [9.17, 15) is 0 Å². The Morgan fingerprint density at radius 3 is 2.88 bits per heavy atom. The number of nitrogens with one attached hydrogen (secondary N) is 1. The molecule has 17 heavy (non-hydrogen) atoms. The van der Waals surface area contributed by atoms with Crippen molar-refractivity contribution in [3.8, 4) is 0 Å². The molecular weight excluding hydrogens is 232 g/mol. The zero-order valence-corrected chi connectivity index (χ0v) is 10.5. The number of aromatic nitrogens is 1. The van der Waals surface area contributed by atoms with Gasteiger partial charge in [-0.25, -0.2) is 0 Å². The second kappa shape index (κ2) is 4.04. The van der Waals surface area contributed by atoms with E-state index in [2.05, 4.69) is 40.2 Å². The third-order valence-electron chi connectivity index (χ3n) is 4.26. The van der Waals surface area contributed by atoms with Crippen LogP contribution in [0, 0.1) is 11.8 Å². The van der Waals surface area contributed by atoms with Crippen LogP contribution in [0.15, 0.2) is 30.3 Å². The summed E-state index contributed by atoms with van der Waals surface area (Å²) in [6, 6.07) is 11.1. The van der Waals surface area contributed by atoms with Crippen LogP contribution in [0.25, 0.3) is 10.9 Å². The summed E-state index contributed by atoms with van der Waals surface area (Å²) < 4.78 is 2.53. The van der Waals surface area contributed by atoms with Gasteiger partial charge < -0.3 is 9.88 Å². The average Bonchev–Trinajstić information content (AvgIpc) is 2.88. The van der Waals surface area contributed by atoms with Crippen molar-refractivity contribution in [1.29, 1.82) is 0 Å². The highest BCUT2D eigenvalue weighted by molar-refractivity contribution is 5.85. The van der Waals surface area contributed by atoms with E-state index >= 15 is 0 Å². The van der Waals surface area contributed by atoms with Gasteiger partial charge >= 0.3 is 0 Å². The van der Waals surface area contributed by atoms with Crippen molar-refractivity contribution in [1.82, 2.24) is 9.88 Å². The molecule has 0 amide bonds. The summed E-state index contributed by atoms with van der Waals surface area (Å²) >= 11 is 0. The van der Waals surface area contributed by atoms with Gasteiger partial charge in [0.25, 0.3) is 0 Å². The van der Waals surface area contributed by atoms with E-state index in [1.54, 1.807) is 0 Å². The number of rotatable bonds is 0. The Morgan fingerprint density at radius 1 is 1.12 bits per heavy atom. The van der Waals surface area contributed by atoms with E-state index in [0.717, 1.165) is 11.8 Å². The van der Waals surface area contributed by atoms with Gasteiger partial charge in [-0.15, -0.1) is 12.4 Å². The third-order valence-corrected chi connectivity index (χ3v) is 4.26. The van der Waals surface area contributed by atoms with Crippen LogP contribution in [0.5, 0.6) is 0 Å². The smallest absolute Gasteiger partial charge is 0.0482 e. The van der Waals surface area contributed by atoms with Gasteiger partial charge in [0.05, 0.1) is 0 Å². The van der Waals surface area contributed by atoms with Crippen LogP contribution >= 0.6 is 12.4 Å². The summed E-state index contributed by atoms with van der Waals surface area (Å²) in [5.74, 6) is 1.72. The number of hydrogen-bond acceptors (Lipinski definition) is 1. The predicted molar refractivity (Wildman–Crippen MR) is 72.7 cm³/mol. The van der Waals surface area contributed by atoms with E-state index in [-0.39, 0.29) is 12.4 Å². The van der Waals surface area contributed by atoms with Crippen molar-refractivity contribution in [2.45, 2.75) is 13.0 Å². The van der Waals surface area contributed by atoms with Gasteiger partial charge in [0.1, 0.15) is 0 Å². The topological polar surface area (TPSA) is 17.0 Å². The number of para-hydroxylation sites is 1. The van der Waals surface area contributed by atoms with E-state index in [0.29, 0.717) is 0 Å². The van der Waals surface area contributed by atoms with Gasteiger partial charge in [-0.05, 0) is 48.9 Å². The highest BCUT2D eigenvalue weighted by Gasteiger charge is 2.32. The van der Waals surface area contributed by atoms with Gasteiger partial charge in [-0.1, -0.05) is 18.2 Å². The normalized spacial score (nSPS) is 26.4. The number of halogens is 1. The lowest BCUT2D eigenvalue weighted by Crippen LogP contribution is -2.27. The summed E-state index contributed by atoms with van der Waals surface area (Å²) in [7, 11) is 0. The number of fused-ring (bicyclic) bond motifs is 4. The highest BCUT2D eigenvalue weighted by Crippen LogP contribution is 2.32. The molecule has 0 spiro atoms. The Labute approximate surface area is 107 Å². The molecule has 2 nitrogen and oxygen atoms in total. The fraction of sp³-hybridized carbons (Fsp3) is 0.429. The largest absolute Gasteiger partial charge is 0.344 e. The molecule has 0 aliphatic carbocycles. The molecule has 2 atom stereocenters. The van der Waals surface area contributed by atoms with Crippen LogP contribution in [0.4, 0.5) is 0 Å². The molecule has 0 radical (unpaired) electrons.